The van der Waals surface area contributed by atoms with Crippen molar-refractivity contribution in [3.05, 3.63) is 64.7 Å². The van der Waals surface area contributed by atoms with Crippen LogP contribution in [0.1, 0.15) is 79.9 Å². The summed E-state index contributed by atoms with van der Waals surface area (Å²) in [5.41, 5.74) is 6.81. The molecule has 0 unspecified atom stereocenters. The lowest BCUT2D eigenvalue weighted by Crippen LogP contribution is -2.59. The Hall–Kier alpha value is -4.38. The number of phenols is 1. The molecule has 0 aliphatic rings. The highest BCUT2D eigenvalue weighted by Gasteiger charge is 2.35. The van der Waals surface area contributed by atoms with Crippen LogP contribution in [0, 0.1) is 5.92 Å². The van der Waals surface area contributed by atoms with E-state index in [9.17, 15) is 39.0 Å². The van der Waals surface area contributed by atoms with Crippen LogP contribution in [0.5, 0.6) is 5.75 Å². The number of nitrogens with one attached hydrogen (secondary N) is 5. The molecule has 0 aliphatic heterocycles. The summed E-state index contributed by atoms with van der Waals surface area (Å²) < 4.78 is 5.52. The van der Waals surface area contributed by atoms with Crippen LogP contribution in [0.25, 0.3) is 0 Å². The molecule has 5 amide bonds. The second kappa shape index (κ2) is 22.7. The van der Waals surface area contributed by atoms with E-state index in [2.05, 4.69) is 26.6 Å². The topological polar surface area (TPSA) is 238 Å². The van der Waals surface area contributed by atoms with Crippen molar-refractivity contribution in [1.29, 1.82) is 0 Å². The third kappa shape index (κ3) is 18.9. The van der Waals surface area contributed by atoms with Gasteiger partial charge < -0.3 is 47.3 Å². The van der Waals surface area contributed by atoms with Crippen molar-refractivity contribution in [2.75, 3.05) is 12.3 Å². The number of halogens is 1. The van der Waals surface area contributed by atoms with Gasteiger partial charge in [0.05, 0.1) is 24.3 Å². The molecule has 2 aromatic carbocycles. The Labute approximate surface area is 350 Å². The SMILES string of the molecule is CC(C)C[C@H](NC(=O)[C@H](Cc1ccc(Cl)cc1)NC(=O)CNC(=O)[C@@H](CSC(C)(C)C)NC(=O)[C@@H](N)Cc1ccc(O)cc1)C(=O)N[C@H](C(=O)O)[C@@H](C)OC(C)(C)C. The Morgan fingerprint density at radius 3 is 1.81 bits per heavy atom. The van der Waals surface area contributed by atoms with Crippen molar-refractivity contribution >= 4 is 58.9 Å². The van der Waals surface area contributed by atoms with Crippen LogP contribution in [0.4, 0.5) is 0 Å². The van der Waals surface area contributed by atoms with Gasteiger partial charge in [-0.05, 0) is 81.8 Å². The zero-order valence-electron chi connectivity index (χ0n) is 34.8. The number of aliphatic carboxylic acids is 1. The molecule has 0 bridgehead atoms. The summed E-state index contributed by atoms with van der Waals surface area (Å²) in [7, 11) is 0. The van der Waals surface area contributed by atoms with E-state index < -0.39 is 84.0 Å². The van der Waals surface area contributed by atoms with Gasteiger partial charge in [-0.1, -0.05) is 70.5 Å². The smallest absolute Gasteiger partial charge is 0.328 e. The number of phenolic OH excluding ortho intramolecular Hbond substituents is 1. The number of carbonyl (C=O) groups excluding carboxylic acids is 5. The monoisotopic (exact) mass is 848 g/mol. The number of ether oxygens (including phenoxy) is 1. The Morgan fingerprint density at radius 2 is 1.28 bits per heavy atom. The first-order valence-electron chi connectivity index (χ1n) is 19.1. The van der Waals surface area contributed by atoms with Gasteiger partial charge in [0.15, 0.2) is 6.04 Å². The fourth-order valence-electron chi connectivity index (χ4n) is 5.61. The van der Waals surface area contributed by atoms with Gasteiger partial charge in [0, 0.05) is 21.9 Å². The van der Waals surface area contributed by atoms with E-state index in [1.807, 2.05) is 34.6 Å². The molecule has 9 N–H and O–H groups in total. The number of hydrogen-bond donors (Lipinski definition) is 8. The molecule has 0 aromatic heterocycles. The molecule has 17 heteroatoms. The number of thioether (sulfide) groups is 1. The van der Waals surface area contributed by atoms with Gasteiger partial charge in [0.2, 0.25) is 29.5 Å². The summed E-state index contributed by atoms with van der Waals surface area (Å²) in [6, 6.07) is 6.93. The highest BCUT2D eigenvalue weighted by molar-refractivity contribution is 8.00. The normalized spacial score (nSPS) is 14.9. The number of benzene rings is 2. The number of carboxylic acid groups (broad SMARTS) is 1. The Kier molecular flexibility index (Phi) is 19.5. The van der Waals surface area contributed by atoms with Crippen molar-refractivity contribution in [3.63, 3.8) is 0 Å². The molecule has 0 spiro atoms. The van der Waals surface area contributed by atoms with Crippen molar-refractivity contribution in [1.82, 2.24) is 26.6 Å². The zero-order chi connectivity index (χ0) is 44.0. The van der Waals surface area contributed by atoms with Crippen LogP contribution >= 0.6 is 23.4 Å². The molecule has 0 radical (unpaired) electrons. The standard InChI is InChI=1S/C41H61ClN6O9S/c1-23(2)18-30(38(54)48-34(39(55)56)24(3)57-40(4,5)6)46-37(53)31(20-26-10-14-27(42)15-11-26)45-33(50)21-44-36(52)32(22-58-41(7,8)9)47-35(51)29(43)19-25-12-16-28(49)17-13-25/h10-17,23-24,29-32,34,49H,18-22,43H2,1-9H3,(H,44,52)(H,45,50)(H,46,53)(H,47,51)(H,48,54)(H,55,56)/t24-,29+,30+,31+,32-,34+/m1/s1. The first-order valence-corrected chi connectivity index (χ1v) is 20.5. The fraction of sp³-hybridized carbons (Fsp3) is 0.561. The van der Waals surface area contributed by atoms with E-state index in [4.69, 9.17) is 22.1 Å². The molecule has 15 nitrogen and oxygen atoms in total. The summed E-state index contributed by atoms with van der Waals surface area (Å²) in [5, 5.41) is 33.0. The fourth-order valence-corrected chi connectivity index (χ4v) is 6.64. The molecule has 6 atom stereocenters. The van der Waals surface area contributed by atoms with E-state index in [0.29, 0.717) is 16.1 Å². The summed E-state index contributed by atoms with van der Waals surface area (Å²) in [6.07, 6.45) is -0.635. The lowest BCUT2D eigenvalue weighted by Gasteiger charge is -2.31. The van der Waals surface area contributed by atoms with Crippen LogP contribution in [-0.2, 0) is 46.3 Å². The quantitative estimate of drug-likeness (QED) is 0.0909. The van der Waals surface area contributed by atoms with E-state index >= 15 is 0 Å². The van der Waals surface area contributed by atoms with Gasteiger partial charge in [-0.15, -0.1) is 0 Å². The minimum atomic E-state index is -1.42. The van der Waals surface area contributed by atoms with Gasteiger partial charge in [0.1, 0.15) is 23.9 Å². The summed E-state index contributed by atoms with van der Waals surface area (Å²) in [6.45, 7) is 15.8. The lowest BCUT2D eigenvalue weighted by molar-refractivity contribution is -0.150. The maximum atomic E-state index is 13.9. The Bertz CT molecular complexity index is 1700. The van der Waals surface area contributed by atoms with E-state index in [0.717, 1.165) is 0 Å². The third-order valence-corrected chi connectivity index (χ3v) is 10.0. The third-order valence-electron chi connectivity index (χ3n) is 8.39. The van der Waals surface area contributed by atoms with Gasteiger partial charge in [0.25, 0.3) is 0 Å². The first kappa shape index (κ1) is 49.8. The number of rotatable bonds is 21. The average Bonchev–Trinajstić information content (AvgIpc) is 3.10. The predicted molar refractivity (Wildman–Crippen MR) is 225 cm³/mol. The average molecular weight is 849 g/mol. The van der Waals surface area contributed by atoms with Gasteiger partial charge >= 0.3 is 5.97 Å². The second-order valence-electron chi connectivity index (χ2n) is 16.6. The maximum absolute atomic E-state index is 13.9. The minimum absolute atomic E-state index is 0.0211. The van der Waals surface area contributed by atoms with Gasteiger partial charge in [-0.2, -0.15) is 11.8 Å². The predicted octanol–water partition coefficient (Wildman–Crippen LogP) is 3.08. The van der Waals surface area contributed by atoms with E-state index in [1.54, 1.807) is 57.2 Å². The van der Waals surface area contributed by atoms with Crippen molar-refractivity contribution < 1.29 is 43.7 Å². The van der Waals surface area contributed by atoms with E-state index in [-0.39, 0.29) is 41.4 Å². The largest absolute Gasteiger partial charge is 0.508 e. The summed E-state index contributed by atoms with van der Waals surface area (Å²) in [5.74, 6) is -4.62. The lowest BCUT2D eigenvalue weighted by atomic mass is 10.0. The first-order chi connectivity index (χ1) is 26.8. The number of nitrogens with two attached hydrogens (primary N) is 1. The molecule has 2 aromatic rings. The highest BCUT2D eigenvalue weighted by Crippen LogP contribution is 2.24. The molecule has 0 aliphatic carbocycles. The van der Waals surface area contributed by atoms with Crippen LogP contribution in [0.2, 0.25) is 5.02 Å². The van der Waals surface area contributed by atoms with Crippen LogP contribution in [-0.4, -0.2) is 105 Å². The van der Waals surface area contributed by atoms with Crippen LogP contribution < -0.4 is 32.3 Å². The summed E-state index contributed by atoms with van der Waals surface area (Å²) >= 11 is 7.50. The van der Waals surface area contributed by atoms with Crippen molar-refractivity contribution in [3.8, 4) is 5.75 Å². The van der Waals surface area contributed by atoms with Crippen molar-refractivity contribution in [2.24, 2.45) is 11.7 Å². The van der Waals surface area contributed by atoms with Gasteiger partial charge in [-0.25, -0.2) is 4.79 Å². The molecule has 58 heavy (non-hydrogen) atoms. The number of hydrogen-bond acceptors (Lipinski definition) is 10. The van der Waals surface area contributed by atoms with E-state index in [1.165, 1.54) is 30.8 Å². The molecule has 0 fully saturated rings. The molecular weight excluding hydrogens is 788 g/mol. The van der Waals surface area contributed by atoms with Gasteiger partial charge in [-0.3, -0.25) is 24.0 Å². The summed E-state index contributed by atoms with van der Waals surface area (Å²) in [4.78, 5) is 79.6. The molecule has 0 saturated carbocycles. The number of carbonyl (C=O) groups is 6. The number of amides is 5. The van der Waals surface area contributed by atoms with Crippen LogP contribution in [0.15, 0.2) is 48.5 Å². The molecule has 2 rings (SSSR count). The Balaban J connectivity index is 2.25. The molecule has 0 heterocycles. The van der Waals surface area contributed by atoms with Crippen LogP contribution in [0.3, 0.4) is 0 Å². The maximum Gasteiger partial charge on any atom is 0.328 e. The molecule has 0 saturated heterocycles. The minimum Gasteiger partial charge on any atom is -0.508 e. The number of aromatic hydroxyl groups is 1. The van der Waals surface area contributed by atoms with Crippen molar-refractivity contribution in [2.45, 2.75) is 128 Å². The zero-order valence-corrected chi connectivity index (χ0v) is 36.4. The highest BCUT2D eigenvalue weighted by atomic mass is 35.5. The molecular formula is C41H61ClN6O9S. The number of carboxylic acids is 1. The second-order valence-corrected chi connectivity index (χ2v) is 18.9. The molecule has 322 valence electrons. The Morgan fingerprint density at radius 1 is 0.741 bits per heavy atom.